The average Bonchev–Trinajstić information content (AvgIpc) is 3.28. The fourth-order valence-electron chi connectivity index (χ4n) is 3.17. The third-order valence-electron chi connectivity index (χ3n) is 4.86. The van der Waals surface area contributed by atoms with Crippen LogP contribution in [-0.4, -0.2) is 38.9 Å². The van der Waals surface area contributed by atoms with Gasteiger partial charge in [-0.25, -0.2) is 4.98 Å². The number of methoxy groups -OCH3 is 1. The molecule has 0 bridgehead atoms. The van der Waals surface area contributed by atoms with Crippen molar-refractivity contribution in [1.82, 2.24) is 25.0 Å². The van der Waals surface area contributed by atoms with Gasteiger partial charge in [-0.15, -0.1) is 10.2 Å². The van der Waals surface area contributed by atoms with Gasteiger partial charge in [0.2, 0.25) is 0 Å². The molecule has 0 aliphatic heterocycles. The largest absolute Gasteiger partial charge is 0.467 e. The third-order valence-corrected chi connectivity index (χ3v) is 5.33. The van der Waals surface area contributed by atoms with E-state index >= 15 is 0 Å². The summed E-state index contributed by atoms with van der Waals surface area (Å²) in [6, 6.07) is 13.4. The molecule has 158 valence electrons. The standard InChI is InChI=1S/C22H21BrN6O2/c1-14(15-7-8-21(23)25-10-15)29-12-16(11-26-29)18-9-19(27-28-22(18)24)17-5-3-4-6-20(17)31-13-30-2/h3-12,14H,13H2,1-2H3,(H2,24,28). The summed E-state index contributed by atoms with van der Waals surface area (Å²) in [5.41, 5.74) is 10.2. The number of nitrogens with zero attached hydrogens (tertiary/aromatic N) is 5. The summed E-state index contributed by atoms with van der Waals surface area (Å²) in [6.45, 7) is 2.20. The van der Waals surface area contributed by atoms with E-state index in [4.69, 9.17) is 15.2 Å². The Bertz CT molecular complexity index is 1180. The summed E-state index contributed by atoms with van der Waals surface area (Å²) >= 11 is 3.36. The molecule has 0 saturated heterocycles. The molecule has 1 unspecified atom stereocenters. The van der Waals surface area contributed by atoms with Crippen LogP contribution in [0.4, 0.5) is 5.82 Å². The minimum absolute atomic E-state index is 0.00742. The van der Waals surface area contributed by atoms with Crippen molar-refractivity contribution < 1.29 is 9.47 Å². The fourth-order valence-corrected chi connectivity index (χ4v) is 3.40. The normalized spacial score (nSPS) is 12.0. The van der Waals surface area contributed by atoms with Crippen LogP contribution in [0.3, 0.4) is 0 Å². The number of halogens is 1. The van der Waals surface area contributed by atoms with Gasteiger partial charge in [0.25, 0.3) is 0 Å². The highest BCUT2D eigenvalue weighted by Gasteiger charge is 2.15. The summed E-state index contributed by atoms with van der Waals surface area (Å²) in [5, 5.41) is 13.0. The Morgan fingerprint density at radius 1 is 1.10 bits per heavy atom. The average molecular weight is 481 g/mol. The number of rotatable bonds is 7. The number of nitrogen functional groups attached to an aromatic ring is 1. The van der Waals surface area contributed by atoms with Gasteiger partial charge >= 0.3 is 0 Å². The number of nitrogens with two attached hydrogens (primary N) is 1. The molecule has 4 rings (SSSR count). The van der Waals surface area contributed by atoms with Crippen molar-refractivity contribution in [3.8, 4) is 28.1 Å². The van der Waals surface area contributed by atoms with Gasteiger partial charge in [-0.05, 0) is 52.7 Å². The zero-order valence-corrected chi connectivity index (χ0v) is 18.7. The smallest absolute Gasteiger partial charge is 0.188 e. The molecule has 31 heavy (non-hydrogen) atoms. The first kappa shape index (κ1) is 21.0. The lowest BCUT2D eigenvalue weighted by Crippen LogP contribution is -2.07. The Hall–Kier alpha value is -3.30. The predicted octanol–water partition coefficient (Wildman–Crippen LogP) is 4.34. The lowest BCUT2D eigenvalue weighted by molar-refractivity contribution is 0.0515. The predicted molar refractivity (Wildman–Crippen MR) is 121 cm³/mol. The van der Waals surface area contributed by atoms with E-state index in [1.54, 1.807) is 13.3 Å². The molecule has 0 radical (unpaired) electrons. The Morgan fingerprint density at radius 3 is 2.71 bits per heavy atom. The molecule has 4 aromatic rings. The number of aromatic nitrogens is 5. The van der Waals surface area contributed by atoms with Crippen LogP contribution in [0.1, 0.15) is 18.5 Å². The number of ether oxygens (including phenoxy) is 2. The van der Waals surface area contributed by atoms with E-state index in [1.807, 2.05) is 59.5 Å². The fraction of sp³-hybridized carbons (Fsp3) is 0.182. The zero-order chi connectivity index (χ0) is 21.8. The highest BCUT2D eigenvalue weighted by atomic mass is 79.9. The number of pyridine rings is 1. The minimum Gasteiger partial charge on any atom is -0.467 e. The van der Waals surface area contributed by atoms with Crippen molar-refractivity contribution >= 4 is 21.7 Å². The molecular weight excluding hydrogens is 460 g/mol. The van der Waals surface area contributed by atoms with Gasteiger partial charge in [-0.1, -0.05) is 18.2 Å². The molecule has 0 saturated carbocycles. The van der Waals surface area contributed by atoms with Gasteiger partial charge in [0, 0.05) is 36.2 Å². The number of hydrogen-bond acceptors (Lipinski definition) is 7. The van der Waals surface area contributed by atoms with Crippen LogP contribution in [0, 0.1) is 0 Å². The van der Waals surface area contributed by atoms with Crippen molar-refractivity contribution in [3.63, 3.8) is 0 Å². The monoisotopic (exact) mass is 480 g/mol. The molecule has 3 aromatic heterocycles. The molecule has 2 N–H and O–H groups in total. The summed E-state index contributed by atoms with van der Waals surface area (Å²) in [5.74, 6) is 0.984. The van der Waals surface area contributed by atoms with Crippen LogP contribution in [0.2, 0.25) is 0 Å². The minimum atomic E-state index is 0.00742. The van der Waals surface area contributed by atoms with E-state index in [1.165, 1.54) is 0 Å². The lowest BCUT2D eigenvalue weighted by Gasteiger charge is -2.12. The molecule has 1 aromatic carbocycles. The second kappa shape index (κ2) is 9.23. The summed E-state index contributed by atoms with van der Waals surface area (Å²) in [6.07, 6.45) is 5.54. The Labute approximate surface area is 188 Å². The molecule has 0 fully saturated rings. The highest BCUT2D eigenvalue weighted by Crippen LogP contribution is 2.33. The van der Waals surface area contributed by atoms with Gasteiger partial charge in [0.15, 0.2) is 12.6 Å². The molecule has 0 aliphatic carbocycles. The van der Waals surface area contributed by atoms with Crippen molar-refractivity contribution in [2.45, 2.75) is 13.0 Å². The maximum Gasteiger partial charge on any atom is 0.188 e. The maximum atomic E-state index is 6.15. The van der Waals surface area contributed by atoms with Crippen LogP contribution in [-0.2, 0) is 4.74 Å². The molecule has 0 amide bonds. The van der Waals surface area contributed by atoms with Crippen LogP contribution in [0.25, 0.3) is 22.4 Å². The van der Waals surface area contributed by atoms with E-state index in [0.717, 1.165) is 26.9 Å². The van der Waals surface area contributed by atoms with E-state index in [-0.39, 0.29) is 12.8 Å². The summed E-state index contributed by atoms with van der Waals surface area (Å²) in [4.78, 5) is 4.30. The zero-order valence-electron chi connectivity index (χ0n) is 17.1. The molecule has 0 spiro atoms. The molecule has 0 aliphatic rings. The van der Waals surface area contributed by atoms with E-state index < -0.39 is 0 Å². The van der Waals surface area contributed by atoms with E-state index in [9.17, 15) is 0 Å². The van der Waals surface area contributed by atoms with E-state index in [2.05, 4.69) is 43.1 Å². The van der Waals surface area contributed by atoms with Gasteiger partial charge in [-0.2, -0.15) is 5.10 Å². The number of hydrogen-bond donors (Lipinski definition) is 1. The first-order chi connectivity index (χ1) is 15.1. The van der Waals surface area contributed by atoms with Crippen LogP contribution < -0.4 is 10.5 Å². The van der Waals surface area contributed by atoms with Gasteiger partial charge < -0.3 is 15.2 Å². The quantitative estimate of drug-likeness (QED) is 0.310. The van der Waals surface area contributed by atoms with Gasteiger partial charge in [-0.3, -0.25) is 4.68 Å². The van der Waals surface area contributed by atoms with Crippen LogP contribution in [0.5, 0.6) is 5.75 Å². The number of para-hydroxylation sites is 1. The first-order valence-electron chi connectivity index (χ1n) is 9.57. The third kappa shape index (κ3) is 4.57. The van der Waals surface area contributed by atoms with Gasteiger partial charge in [0.05, 0.1) is 17.9 Å². The summed E-state index contributed by atoms with van der Waals surface area (Å²) in [7, 11) is 1.58. The van der Waals surface area contributed by atoms with Crippen molar-refractivity contribution in [3.05, 3.63) is 71.2 Å². The topological polar surface area (TPSA) is 101 Å². The van der Waals surface area contributed by atoms with Crippen molar-refractivity contribution in [2.75, 3.05) is 19.6 Å². The molecule has 1 atom stereocenters. The SMILES string of the molecule is COCOc1ccccc1-c1cc(-c2cnn(C(C)c3ccc(Br)nc3)c2)c(N)nn1. The summed E-state index contributed by atoms with van der Waals surface area (Å²) < 4.78 is 13.3. The maximum absolute atomic E-state index is 6.15. The van der Waals surface area contributed by atoms with E-state index in [0.29, 0.717) is 17.3 Å². The molecule has 9 heteroatoms. The number of benzene rings is 1. The van der Waals surface area contributed by atoms with Crippen LogP contribution >= 0.6 is 15.9 Å². The second-order valence-electron chi connectivity index (χ2n) is 6.87. The first-order valence-corrected chi connectivity index (χ1v) is 10.4. The highest BCUT2D eigenvalue weighted by molar-refractivity contribution is 9.10. The molecular formula is C22H21BrN6O2. The molecule has 3 heterocycles. The Kier molecular flexibility index (Phi) is 6.24. The van der Waals surface area contributed by atoms with Crippen molar-refractivity contribution in [1.29, 1.82) is 0 Å². The van der Waals surface area contributed by atoms with Crippen LogP contribution in [0.15, 0.2) is 65.7 Å². The number of anilines is 1. The lowest BCUT2D eigenvalue weighted by atomic mass is 10.1. The molecule has 8 nitrogen and oxygen atoms in total. The second-order valence-corrected chi connectivity index (χ2v) is 7.69. The van der Waals surface area contributed by atoms with Gasteiger partial charge in [0.1, 0.15) is 10.4 Å². The van der Waals surface area contributed by atoms with Crippen molar-refractivity contribution in [2.24, 2.45) is 0 Å². The Morgan fingerprint density at radius 2 is 1.94 bits per heavy atom. The Balaban J connectivity index is 1.67.